The van der Waals surface area contributed by atoms with Crippen LogP contribution in [0.5, 0.6) is 5.75 Å². The van der Waals surface area contributed by atoms with Gasteiger partial charge in [0.1, 0.15) is 17.3 Å². The molecule has 4 rings (SSSR count). The number of para-hydroxylation sites is 1. The molecule has 3 aromatic carbocycles. The number of hydrogen-bond donors (Lipinski definition) is 1. The molecule has 0 saturated carbocycles. The number of halogens is 1. The maximum atomic E-state index is 13.5. The Labute approximate surface area is 186 Å². The third-order valence-electron chi connectivity index (χ3n) is 5.17. The summed E-state index contributed by atoms with van der Waals surface area (Å²) in [6, 6.07) is 19.9. The molecule has 1 N–H and O–H groups in total. The quantitative estimate of drug-likeness (QED) is 0.516. The molecule has 2 amide bonds. The number of carbonyl (C=O) groups is 2. The van der Waals surface area contributed by atoms with Crippen LogP contribution in [0.25, 0.3) is 5.57 Å². The van der Waals surface area contributed by atoms with Crippen molar-refractivity contribution < 1.29 is 18.7 Å². The maximum Gasteiger partial charge on any atom is 0.282 e. The van der Waals surface area contributed by atoms with Crippen LogP contribution in [0.15, 0.2) is 78.5 Å². The van der Waals surface area contributed by atoms with Crippen molar-refractivity contribution in [1.82, 2.24) is 0 Å². The van der Waals surface area contributed by atoms with E-state index in [1.54, 1.807) is 36.4 Å². The number of nitrogens with one attached hydrogen (secondary N) is 1. The second-order valence-corrected chi connectivity index (χ2v) is 7.49. The molecular formula is C26H23FN2O3. The maximum absolute atomic E-state index is 13.5. The molecule has 0 spiro atoms. The molecule has 0 fully saturated rings. The summed E-state index contributed by atoms with van der Waals surface area (Å²) in [4.78, 5) is 28.1. The number of carbonyl (C=O) groups excluding carboxylic acids is 2. The van der Waals surface area contributed by atoms with Crippen LogP contribution >= 0.6 is 0 Å². The summed E-state index contributed by atoms with van der Waals surface area (Å²) in [6.45, 7) is 4.47. The Morgan fingerprint density at radius 1 is 0.906 bits per heavy atom. The van der Waals surface area contributed by atoms with Crippen LogP contribution in [-0.2, 0) is 9.59 Å². The highest BCUT2D eigenvalue weighted by atomic mass is 19.1. The lowest BCUT2D eigenvalue weighted by atomic mass is 10.0. The number of hydrogen-bond acceptors (Lipinski definition) is 4. The lowest BCUT2D eigenvalue weighted by Crippen LogP contribution is -2.33. The molecule has 0 aliphatic carbocycles. The zero-order valence-corrected chi connectivity index (χ0v) is 17.9. The van der Waals surface area contributed by atoms with Crippen LogP contribution in [0.4, 0.5) is 15.8 Å². The number of amides is 2. The van der Waals surface area contributed by atoms with Crippen molar-refractivity contribution in [3.63, 3.8) is 0 Å². The molecule has 6 heteroatoms. The number of aryl methyl sites for hydroxylation is 1. The van der Waals surface area contributed by atoms with E-state index in [1.165, 1.54) is 29.2 Å². The average molecular weight is 430 g/mol. The fraction of sp³-hybridized carbons (Fsp3) is 0.154. The van der Waals surface area contributed by atoms with Gasteiger partial charge in [0.05, 0.1) is 17.9 Å². The average Bonchev–Trinajstić information content (AvgIpc) is 3.04. The van der Waals surface area contributed by atoms with E-state index in [-0.39, 0.29) is 17.1 Å². The van der Waals surface area contributed by atoms with E-state index in [0.29, 0.717) is 29.3 Å². The summed E-state index contributed by atoms with van der Waals surface area (Å²) in [5.41, 5.74) is 2.83. The van der Waals surface area contributed by atoms with Crippen molar-refractivity contribution in [2.45, 2.75) is 20.3 Å². The molecule has 0 radical (unpaired) electrons. The number of anilines is 2. The first-order valence-corrected chi connectivity index (χ1v) is 10.4. The Morgan fingerprint density at radius 2 is 1.59 bits per heavy atom. The smallest absolute Gasteiger partial charge is 0.282 e. The summed E-state index contributed by atoms with van der Waals surface area (Å²) < 4.78 is 19.0. The van der Waals surface area contributed by atoms with Crippen molar-refractivity contribution in [2.75, 3.05) is 16.8 Å². The van der Waals surface area contributed by atoms with E-state index in [4.69, 9.17) is 4.74 Å². The molecule has 1 heterocycles. The number of imide groups is 1. The van der Waals surface area contributed by atoms with Gasteiger partial charge in [0.2, 0.25) is 0 Å². The van der Waals surface area contributed by atoms with E-state index in [1.807, 2.05) is 26.0 Å². The van der Waals surface area contributed by atoms with E-state index >= 15 is 0 Å². The highest BCUT2D eigenvalue weighted by Gasteiger charge is 2.40. The van der Waals surface area contributed by atoms with Gasteiger partial charge in [-0.2, -0.15) is 0 Å². The van der Waals surface area contributed by atoms with Gasteiger partial charge in [0.15, 0.2) is 0 Å². The predicted octanol–water partition coefficient (Wildman–Crippen LogP) is 5.32. The topological polar surface area (TPSA) is 58.6 Å². The fourth-order valence-corrected chi connectivity index (χ4v) is 3.56. The predicted molar refractivity (Wildman–Crippen MR) is 123 cm³/mol. The number of benzene rings is 3. The third-order valence-corrected chi connectivity index (χ3v) is 5.17. The zero-order chi connectivity index (χ0) is 22.7. The van der Waals surface area contributed by atoms with E-state index in [9.17, 15) is 14.0 Å². The van der Waals surface area contributed by atoms with Gasteiger partial charge < -0.3 is 10.1 Å². The van der Waals surface area contributed by atoms with Crippen molar-refractivity contribution in [3.05, 3.63) is 95.4 Å². The second kappa shape index (κ2) is 9.06. The minimum Gasteiger partial charge on any atom is -0.494 e. The third kappa shape index (κ3) is 4.12. The molecule has 32 heavy (non-hydrogen) atoms. The number of ether oxygens (including phenoxy) is 1. The van der Waals surface area contributed by atoms with Crippen molar-refractivity contribution >= 4 is 28.8 Å². The van der Waals surface area contributed by atoms with Crippen LogP contribution in [0.3, 0.4) is 0 Å². The molecule has 0 saturated heterocycles. The monoisotopic (exact) mass is 430 g/mol. The van der Waals surface area contributed by atoms with Crippen LogP contribution in [0.1, 0.15) is 24.5 Å². The molecule has 0 aromatic heterocycles. The van der Waals surface area contributed by atoms with Gasteiger partial charge in [-0.15, -0.1) is 0 Å². The fourth-order valence-electron chi connectivity index (χ4n) is 3.56. The Hall–Kier alpha value is -3.93. The SMILES string of the molecule is CCCOc1ccc(C2=C(Nc3ccc(F)cc3)C(=O)N(c3ccccc3C)C2=O)cc1. The van der Waals surface area contributed by atoms with Gasteiger partial charge in [0, 0.05) is 5.69 Å². The largest absolute Gasteiger partial charge is 0.494 e. The molecule has 1 aliphatic heterocycles. The highest BCUT2D eigenvalue weighted by molar-refractivity contribution is 6.46. The van der Waals surface area contributed by atoms with Gasteiger partial charge in [-0.1, -0.05) is 37.3 Å². The molecule has 162 valence electrons. The summed E-state index contributed by atoms with van der Waals surface area (Å²) in [5.74, 6) is -0.578. The lowest BCUT2D eigenvalue weighted by molar-refractivity contribution is -0.120. The lowest BCUT2D eigenvalue weighted by Gasteiger charge is -2.17. The van der Waals surface area contributed by atoms with Gasteiger partial charge in [-0.25, -0.2) is 9.29 Å². The van der Waals surface area contributed by atoms with E-state index in [0.717, 1.165) is 12.0 Å². The Balaban J connectivity index is 1.77. The van der Waals surface area contributed by atoms with Crippen LogP contribution in [-0.4, -0.2) is 18.4 Å². The first-order valence-electron chi connectivity index (χ1n) is 10.4. The summed E-state index contributed by atoms with van der Waals surface area (Å²) >= 11 is 0. The van der Waals surface area contributed by atoms with E-state index < -0.39 is 11.8 Å². The van der Waals surface area contributed by atoms with Crippen molar-refractivity contribution in [1.29, 1.82) is 0 Å². The first-order chi connectivity index (χ1) is 15.5. The van der Waals surface area contributed by atoms with Crippen LogP contribution in [0, 0.1) is 12.7 Å². The molecule has 0 unspecified atom stereocenters. The molecular weight excluding hydrogens is 407 g/mol. The summed E-state index contributed by atoms with van der Waals surface area (Å²) in [7, 11) is 0. The van der Waals surface area contributed by atoms with Crippen LogP contribution < -0.4 is 15.0 Å². The first kappa shape index (κ1) is 21.3. The second-order valence-electron chi connectivity index (χ2n) is 7.49. The molecule has 0 bridgehead atoms. The number of rotatable bonds is 7. The molecule has 0 atom stereocenters. The standard InChI is InChI=1S/C26H23FN2O3/c1-3-16-32-21-14-8-18(9-15-21)23-24(28-20-12-10-19(27)11-13-20)26(31)29(25(23)30)22-7-5-4-6-17(22)2/h4-15,28H,3,16H2,1-2H3. The zero-order valence-electron chi connectivity index (χ0n) is 17.9. The Kier molecular flexibility index (Phi) is 6.03. The Bertz CT molecular complexity index is 1180. The van der Waals surface area contributed by atoms with Gasteiger partial charge >= 0.3 is 0 Å². The summed E-state index contributed by atoms with van der Waals surface area (Å²) in [6.07, 6.45) is 0.886. The van der Waals surface area contributed by atoms with Gasteiger partial charge in [0.25, 0.3) is 11.8 Å². The minimum absolute atomic E-state index is 0.145. The molecule has 1 aliphatic rings. The normalized spacial score (nSPS) is 13.7. The Morgan fingerprint density at radius 3 is 2.25 bits per heavy atom. The summed E-state index contributed by atoms with van der Waals surface area (Å²) in [5, 5.41) is 3.03. The van der Waals surface area contributed by atoms with Gasteiger partial charge in [-0.3, -0.25) is 9.59 Å². The van der Waals surface area contributed by atoms with Gasteiger partial charge in [-0.05, 0) is 66.9 Å². The molecule has 5 nitrogen and oxygen atoms in total. The molecule has 3 aromatic rings. The number of nitrogens with zero attached hydrogens (tertiary/aromatic N) is 1. The van der Waals surface area contributed by atoms with Crippen molar-refractivity contribution in [3.8, 4) is 5.75 Å². The highest BCUT2D eigenvalue weighted by Crippen LogP contribution is 2.35. The van der Waals surface area contributed by atoms with Crippen molar-refractivity contribution in [2.24, 2.45) is 0 Å². The van der Waals surface area contributed by atoms with E-state index in [2.05, 4.69) is 5.32 Å². The minimum atomic E-state index is -0.463. The van der Waals surface area contributed by atoms with Crippen LogP contribution in [0.2, 0.25) is 0 Å².